The molecule has 0 aromatic heterocycles. The molecule has 2 fully saturated rings. The number of amides is 1. The zero-order valence-electron chi connectivity index (χ0n) is 14.5. The number of nitrogens with zero attached hydrogens (tertiary/aromatic N) is 1. The van der Waals surface area contributed by atoms with Crippen LogP contribution in [0.15, 0.2) is 24.3 Å². The lowest BCUT2D eigenvalue weighted by Gasteiger charge is -2.35. The molecule has 1 saturated carbocycles. The number of halogens is 1. The van der Waals surface area contributed by atoms with Crippen LogP contribution >= 0.6 is 12.4 Å². The number of piperidine rings is 1. The first-order chi connectivity index (χ1) is 11.1. The van der Waals surface area contributed by atoms with Crippen molar-refractivity contribution >= 4 is 18.3 Å². The maximum absolute atomic E-state index is 13.0. The molecule has 4 heteroatoms. The van der Waals surface area contributed by atoms with Crippen molar-refractivity contribution in [1.82, 2.24) is 4.90 Å². The molecule has 3 nitrogen and oxygen atoms in total. The Bertz CT molecular complexity index is 609. The molecule has 3 atom stereocenters. The molecular weight excluding hydrogens is 320 g/mol. The minimum absolute atomic E-state index is 0. The van der Waals surface area contributed by atoms with Crippen molar-refractivity contribution in [2.75, 3.05) is 13.1 Å². The van der Waals surface area contributed by atoms with Crippen molar-refractivity contribution in [3.8, 4) is 0 Å². The van der Waals surface area contributed by atoms with E-state index in [2.05, 4.69) is 36.1 Å². The first-order valence-electron chi connectivity index (χ1n) is 9.24. The van der Waals surface area contributed by atoms with Gasteiger partial charge in [0.15, 0.2) is 0 Å². The van der Waals surface area contributed by atoms with Gasteiger partial charge in [-0.15, -0.1) is 12.4 Å². The molecule has 1 aliphatic heterocycles. The standard InChI is InChI=1S/C20H28N2O.ClH/c1-14(21)15-8-11-22(12-9-15)19(23)18-13-20(18)10-4-6-16-5-2-3-7-17(16)20;/h2-3,5,7,14-15,18H,4,6,8-13,21H2,1H3;1H. The normalized spacial score (nSPS) is 30.4. The second-order valence-corrected chi connectivity index (χ2v) is 7.95. The van der Waals surface area contributed by atoms with Crippen LogP contribution < -0.4 is 5.73 Å². The van der Waals surface area contributed by atoms with E-state index in [0.717, 1.165) is 32.4 Å². The fourth-order valence-electron chi connectivity index (χ4n) is 5.02. The number of rotatable bonds is 2. The summed E-state index contributed by atoms with van der Waals surface area (Å²) in [5, 5.41) is 0. The van der Waals surface area contributed by atoms with Crippen LogP contribution in [0, 0.1) is 11.8 Å². The number of nitrogens with two attached hydrogens (primary N) is 1. The number of aryl methyl sites for hydroxylation is 1. The molecule has 1 heterocycles. The summed E-state index contributed by atoms with van der Waals surface area (Å²) in [6.07, 6.45) is 6.80. The Kier molecular flexibility index (Phi) is 4.94. The van der Waals surface area contributed by atoms with E-state index in [-0.39, 0.29) is 29.8 Å². The summed E-state index contributed by atoms with van der Waals surface area (Å²) in [6, 6.07) is 9.05. The quantitative estimate of drug-likeness (QED) is 0.891. The van der Waals surface area contributed by atoms with Gasteiger partial charge in [-0.3, -0.25) is 4.79 Å². The number of carbonyl (C=O) groups excluding carboxylic acids is 1. The van der Waals surface area contributed by atoms with E-state index < -0.39 is 0 Å². The average Bonchev–Trinajstić information content (AvgIpc) is 3.29. The third-order valence-corrected chi connectivity index (χ3v) is 6.59. The first kappa shape index (κ1) is 17.8. The highest BCUT2D eigenvalue weighted by Gasteiger charge is 2.60. The smallest absolute Gasteiger partial charge is 0.226 e. The van der Waals surface area contributed by atoms with Crippen LogP contribution in [0.1, 0.15) is 50.2 Å². The summed E-state index contributed by atoms with van der Waals surface area (Å²) in [6.45, 7) is 3.90. The van der Waals surface area contributed by atoms with Gasteiger partial charge in [0, 0.05) is 30.5 Å². The molecule has 2 N–H and O–H groups in total. The second-order valence-electron chi connectivity index (χ2n) is 7.95. The molecule has 132 valence electrons. The Morgan fingerprint density at radius 1 is 1.29 bits per heavy atom. The topological polar surface area (TPSA) is 46.3 Å². The van der Waals surface area contributed by atoms with Crippen molar-refractivity contribution in [3.63, 3.8) is 0 Å². The molecule has 1 spiro atoms. The lowest BCUT2D eigenvalue weighted by molar-refractivity contribution is -0.134. The van der Waals surface area contributed by atoms with Gasteiger partial charge in [-0.1, -0.05) is 24.3 Å². The number of benzene rings is 1. The monoisotopic (exact) mass is 348 g/mol. The molecular formula is C20H29ClN2O. The molecule has 4 rings (SSSR count). The minimum atomic E-state index is 0. The van der Waals surface area contributed by atoms with E-state index in [4.69, 9.17) is 5.73 Å². The van der Waals surface area contributed by atoms with Crippen molar-refractivity contribution in [2.45, 2.75) is 56.9 Å². The van der Waals surface area contributed by atoms with E-state index >= 15 is 0 Å². The SMILES string of the molecule is CC(N)C1CCN(C(=O)C2CC23CCCc2ccccc23)CC1.Cl. The average molecular weight is 349 g/mol. The van der Waals surface area contributed by atoms with Crippen LogP contribution in [0.3, 0.4) is 0 Å². The third-order valence-electron chi connectivity index (χ3n) is 6.59. The molecule has 0 bridgehead atoms. The molecule has 1 aromatic rings. The van der Waals surface area contributed by atoms with Gasteiger partial charge < -0.3 is 10.6 Å². The van der Waals surface area contributed by atoms with E-state index in [1.807, 2.05) is 0 Å². The Balaban J connectivity index is 0.00000169. The van der Waals surface area contributed by atoms with Crippen molar-refractivity contribution < 1.29 is 4.79 Å². The second kappa shape index (κ2) is 6.68. The maximum Gasteiger partial charge on any atom is 0.226 e. The number of likely N-dealkylation sites (tertiary alicyclic amines) is 1. The third kappa shape index (κ3) is 2.86. The zero-order chi connectivity index (χ0) is 16.0. The maximum atomic E-state index is 13.0. The highest BCUT2D eigenvalue weighted by molar-refractivity contribution is 5.85. The Morgan fingerprint density at radius 3 is 2.71 bits per heavy atom. The molecule has 1 saturated heterocycles. The fraction of sp³-hybridized carbons (Fsp3) is 0.650. The lowest BCUT2D eigenvalue weighted by atomic mass is 9.78. The summed E-state index contributed by atoms with van der Waals surface area (Å²) in [7, 11) is 0. The zero-order valence-corrected chi connectivity index (χ0v) is 15.4. The van der Waals surface area contributed by atoms with Crippen LogP contribution in [-0.2, 0) is 16.6 Å². The summed E-state index contributed by atoms with van der Waals surface area (Å²) in [4.78, 5) is 15.1. The van der Waals surface area contributed by atoms with Gasteiger partial charge in [-0.05, 0) is 62.5 Å². The summed E-state index contributed by atoms with van der Waals surface area (Å²) >= 11 is 0. The van der Waals surface area contributed by atoms with Crippen LogP contribution in [-0.4, -0.2) is 29.9 Å². The van der Waals surface area contributed by atoms with Gasteiger partial charge in [0.05, 0.1) is 0 Å². The molecule has 3 aliphatic rings. The highest BCUT2D eigenvalue weighted by atomic mass is 35.5. The van der Waals surface area contributed by atoms with Gasteiger partial charge in [0.2, 0.25) is 5.91 Å². The van der Waals surface area contributed by atoms with Gasteiger partial charge >= 0.3 is 0 Å². The van der Waals surface area contributed by atoms with Crippen LogP contribution in [0.4, 0.5) is 0 Å². The molecule has 1 amide bonds. The highest BCUT2D eigenvalue weighted by Crippen LogP contribution is 2.60. The molecule has 3 unspecified atom stereocenters. The van der Waals surface area contributed by atoms with Crippen molar-refractivity contribution in [3.05, 3.63) is 35.4 Å². The number of hydrogen-bond acceptors (Lipinski definition) is 2. The van der Waals surface area contributed by atoms with Gasteiger partial charge in [-0.2, -0.15) is 0 Å². The van der Waals surface area contributed by atoms with Gasteiger partial charge in [-0.25, -0.2) is 0 Å². The Morgan fingerprint density at radius 2 is 2.00 bits per heavy atom. The number of carbonyl (C=O) groups is 1. The predicted molar refractivity (Wildman–Crippen MR) is 99.4 cm³/mol. The van der Waals surface area contributed by atoms with Crippen LogP contribution in [0.5, 0.6) is 0 Å². The predicted octanol–water partition coefficient (Wildman–Crippen LogP) is 3.29. The van der Waals surface area contributed by atoms with E-state index in [0.29, 0.717) is 11.8 Å². The molecule has 1 aromatic carbocycles. The van der Waals surface area contributed by atoms with Crippen LogP contribution in [0.25, 0.3) is 0 Å². The van der Waals surface area contributed by atoms with E-state index in [1.165, 1.54) is 30.4 Å². The fourth-order valence-corrected chi connectivity index (χ4v) is 5.02. The minimum Gasteiger partial charge on any atom is -0.342 e. The van der Waals surface area contributed by atoms with Gasteiger partial charge in [0.1, 0.15) is 0 Å². The summed E-state index contributed by atoms with van der Waals surface area (Å²) < 4.78 is 0. The largest absolute Gasteiger partial charge is 0.342 e. The van der Waals surface area contributed by atoms with Crippen molar-refractivity contribution in [2.24, 2.45) is 17.6 Å². The lowest BCUT2D eigenvalue weighted by Crippen LogP contribution is -2.44. The first-order valence-corrected chi connectivity index (χ1v) is 9.24. The molecule has 24 heavy (non-hydrogen) atoms. The van der Waals surface area contributed by atoms with E-state index in [1.54, 1.807) is 0 Å². The van der Waals surface area contributed by atoms with Crippen molar-refractivity contribution in [1.29, 1.82) is 0 Å². The van der Waals surface area contributed by atoms with Gasteiger partial charge in [0.25, 0.3) is 0 Å². The summed E-state index contributed by atoms with van der Waals surface area (Å²) in [5.74, 6) is 1.23. The Labute approximate surface area is 151 Å². The summed E-state index contributed by atoms with van der Waals surface area (Å²) in [5.41, 5.74) is 9.14. The van der Waals surface area contributed by atoms with E-state index in [9.17, 15) is 4.79 Å². The van der Waals surface area contributed by atoms with Crippen LogP contribution in [0.2, 0.25) is 0 Å². The molecule has 0 radical (unpaired) electrons. The number of fused-ring (bicyclic) bond motifs is 2. The number of hydrogen-bond donors (Lipinski definition) is 1. The molecule has 2 aliphatic carbocycles. The Hall–Kier alpha value is -1.06.